The number of phosphoric ester groups is 1. The van der Waals surface area contributed by atoms with Crippen molar-refractivity contribution in [3.05, 3.63) is 24.3 Å². The number of hydrogen-bond donors (Lipinski definition) is 2. The van der Waals surface area contributed by atoms with Gasteiger partial charge in [0.25, 0.3) is 0 Å². The van der Waals surface area contributed by atoms with E-state index in [0.29, 0.717) is 6.42 Å². The van der Waals surface area contributed by atoms with Crippen molar-refractivity contribution in [3.8, 4) is 0 Å². The molecule has 0 spiro atoms. The number of ether oxygens (including phenoxy) is 2. The van der Waals surface area contributed by atoms with Crippen molar-refractivity contribution in [2.75, 3.05) is 26.4 Å². The molecule has 9 nitrogen and oxygen atoms in total. The summed E-state index contributed by atoms with van der Waals surface area (Å²) in [5, 5.41) is 0. The third-order valence-electron chi connectivity index (χ3n) is 9.59. The topological polar surface area (TPSA) is 134 Å². The molecule has 2 atom stereocenters. The van der Waals surface area contributed by atoms with Gasteiger partial charge in [-0.1, -0.05) is 186 Å². The van der Waals surface area contributed by atoms with Gasteiger partial charge in [-0.15, -0.1) is 0 Å². The van der Waals surface area contributed by atoms with E-state index in [2.05, 4.69) is 38.2 Å². The van der Waals surface area contributed by atoms with Crippen LogP contribution in [0.25, 0.3) is 0 Å². The van der Waals surface area contributed by atoms with Crippen LogP contribution >= 0.6 is 7.82 Å². The number of esters is 2. The molecular weight excluding hydrogens is 701 g/mol. The molecule has 0 aliphatic rings. The summed E-state index contributed by atoms with van der Waals surface area (Å²) in [7, 11) is -4.38. The molecule has 0 fully saturated rings. The second-order valence-electron chi connectivity index (χ2n) is 14.9. The smallest absolute Gasteiger partial charge is 0.462 e. The van der Waals surface area contributed by atoms with Gasteiger partial charge in [0.1, 0.15) is 6.61 Å². The molecular formula is C44H84NO8P. The molecule has 0 radical (unpaired) electrons. The monoisotopic (exact) mass is 786 g/mol. The Morgan fingerprint density at radius 3 is 1.46 bits per heavy atom. The highest BCUT2D eigenvalue weighted by Gasteiger charge is 2.26. The second-order valence-corrected chi connectivity index (χ2v) is 16.4. The van der Waals surface area contributed by atoms with Crippen LogP contribution < -0.4 is 5.73 Å². The number of hydrogen-bond acceptors (Lipinski definition) is 8. The molecule has 0 amide bonds. The molecule has 10 heteroatoms. The van der Waals surface area contributed by atoms with E-state index in [0.717, 1.165) is 64.2 Å². The molecule has 0 aliphatic heterocycles. The molecule has 0 bridgehead atoms. The fourth-order valence-corrected chi connectivity index (χ4v) is 7.01. The number of rotatable bonds is 42. The number of phosphoric acid groups is 1. The number of carbonyl (C=O) groups is 2. The van der Waals surface area contributed by atoms with Crippen LogP contribution in [0, 0.1) is 0 Å². The number of carbonyl (C=O) groups excluding carboxylic acids is 2. The van der Waals surface area contributed by atoms with Gasteiger partial charge in [0, 0.05) is 19.4 Å². The van der Waals surface area contributed by atoms with E-state index in [1.54, 1.807) is 0 Å². The van der Waals surface area contributed by atoms with E-state index in [9.17, 15) is 19.0 Å². The number of allylic oxidation sites excluding steroid dienone is 4. The summed E-state index contributed by atoms with van der Waals surface area (Å²) in [6.45, 7) is 3.70. The van der Waals surface area contributed by atoms with Crippen molar-refractivity contribution in [2.24, 2.45) is 5.73 Å². The first-order valence-electron chi connectivity index (χ1n) is 22.3. The lowest BCUT2D eigenvalue weighted by molar-refractivity contribution is -0.161. The van der Waals surface area contributed by atoms with Gasteiger partial charge in [0.15, 0.2) is 6.10 Å². The predicted octanol–water partition coefficient (Wildman–Crippen LogP) is 12.8. The summed E-state index contributed by atoms with van der Waals surface area (Å²) < 4.78 is 32.8. The Balaban J connectivity index is 4.10. The Bertz CT molecular complexity index is 944. The average molecular weight is 786 g/mol. The number of unbranched alkanes of at least 4 members (excludes halogenated alkanes) is 25. The second kappa shape index (κ2) is 41.1. The van der Waals surface area contributed by atoms with Crippen LogP contribution in [0.2, 0.25) is 0 Å². The summed E-state index contributed by atoms with van der Waals surface area (Å²) in [5.41, 5.74) is 5.35. The first-order chi connectivity index (χ1) is 26.3. The van der Waals surface area contributed by atoms with Gasteiger partial charge in [0.05, 0.1) is 13.2 Å². The molecule has 318 valence electrons. The molecule has 0 heterocycles. The van der Waals surface area contributed by atoms with Gasteiger partial charge in [-0.3, -0.25) is 18.6 Å². The van der Waals surface area contributed by atoms with Crippen LogP contribution in [0.4, 0.5) is 0 Å². The van der Waals surface area contributed by atoms with E-state index in [1.807, 2.05) is 0 Å². The minimum absolute atomic E-state index is 0.0531. The SMILES string of the molecule is CCCC/C=C\C/C=C\CCCCCCCC(=O)OC[C@H](COP(=O)(O)OCCN)OC(=O)CCCCCCCCCCCCCCCCCCCCC. The normalized spacial score (nSPS) is 13.5. The van der Waals surface area contributed by atoms with Crippen molar-refractivity contribution in [1.29, 1.82) is 0 Å². The Labute approximate surface area is 332 Å². The Morgan fingerprint density at radius 2 is 0.981 bits per heavy atom. The van der Waals surface area contributed by atoms with Crippen LogP contribution in [0.1, 0.15) is 213 Å². The molecule has 1 unspecified atom stereocenters. The van der Waals surface area contributed by atoms with Crippen LogP contribution in [-0.4, -0.2) is 49.3 Å². The molecule has 0 aromatic carbocycles. The van der Waals surface area contributed by atoms with Crippen molar-refractivity contribution in [1.82, 2.24) is 0 Å². The molecule has 0 aromatic rings. The Kier molecular flexibility index (Phi) is 40.0. The molecule has 0 aromatic heterocycles. The summed E-state index contributed by atoms with van der Waals surface area (Å²) in [6.07, 6.45) is 43.5. The van der Waals surface area contributed by atoms with E-state index in [4.69, 9.17) is 24.3 Å². The highest BCUT2D eigenvalue weighted by atomic mass is 31.2. The van der Waals surface area contributed by atoms with Gasteiger partial charge >= 0.3 is 19.8 Å². The minimum Gasteiger partial charge on any atom is -0.462 e. The highest BCUT2D eigenvalue weighted by molar-refractivity contribution is 7.47. The molecule has 54 heavy (non-hydrogen) atoms. The Hall–Kier alpha value is -1.51. The fraction of sp³-hybridized carbons (Fsp3) is 0.864. The van der Waals surface area contributed by atoms with Gasteiger partial charge in [-0.25, -0.2) is 4.57 Å². The van der Waals surface area contributed by atoms with Gasteiger partial charge in [-0.05, 0) is 38.5 Å². The zero-order valence-corrected chi connectivity index (χ0v) is 35.9. The highest BCUT2D eigenvalue weighted by Crippen LogP contribution is 2.43. The van der Waals surface area contributed by atoms with Gasteiger partial charge < -0.3 is 20.1 Å². The third-order valence-corrected chi connectivity index (χ3v) is 10.6. The van der Waals surface area contributed by atoms with Crippen molar-refractivity contribution < 1.29 is 37.6 Å². The van der Waals surface area contributed by atoms with Gasteiger partial charge in [0.2, 0.25) is 0 Å². The van der Waals surface area contributed by atoms with E-state index < -0.39 is 32.5 Å². The zero-order valence-electron chi connectivity index (χ0n) is 35.0. The largest absolute Gasteiger partial charge is 0.472 e. The van der Waals surface area contributed by atoms with Crippen LogP contribution in [-0.2, 0) is 32.7 Å². The van der Waals surface area contributed by atoms with E-state index in [-0.39, 0.29) is 32.6 Å². The number of nitrogens with two attached hydrogens (primary N) is 1. The fourth-order valence-electron chi connectivity index (χ4n) is 6.24. The molecule has 0 aliphatic carbocycles. The molecule has 0 saturated heterocycles. The van der Waals surface area contributed by atoms with Crippen LogP contribution in [0.15, 0.2) is 24.3 Å². The maximum absolute atomic E-state index is 12.6. The maximum atomic E-state index is 12.6. The van der Waals surface area contributed by atoms with Crippen LogP contribution in [0.5, 0.6) is 0 Å². The lowest BCUT2D eigenvalue weighted by Crippen LogP contribution is -2.29. The average Bonchev–Trinajstić information content (AvgIpc) is 3.16. The van der Waals surface area contributed by atoms with Gasteiger partial charge in [-0.2, -0.15) is 0 Å². The zero-order chi connectivity index (χ0) is 39.6. The van der Waals surface area contributed by atoms with Crippen molar-refractivity contribution >= 4 is 19.8 Å². The summed E-state index contributed by atoms with van der Waals surface area (Å²) in [5.74, 6) is -0.836. The third kappa shape index (κ3) is 40.2. The summed E-state index contributed by atoms with van der Waals surface area (Å²) in [6, 6.07) is 0. The van der Waals surface area contributed by atoms with Crippen molar-refractivity contribution in [3.63, 3.8) is 0 Å². The Morgan fingerprint density at radius 1 is 0.556 bits per heavy atom. The molecule has 3 N–H and O–H groups in total. The molecule has 0 rings (SSSR count). The quantitative estimate of drug-likeness (QED) is 0.0268. The first-order valence-corrected chi connectivity index (χ1v) is 23.8. The van der Waals surface area contributed by atoms with Crippen LogP contribution in [0.3, 0.4) is 0 Å². The van der Waals surface area contributed by atoms with E-state index in [1.165, 1.54) is 116 Å². The standard InChI is InChI=1S/C44H84NO8P/c1-3-5-7-9-11-13-15-17-19-20-21-22-23-25-27-29-31-33-35-37-44(47)53-42(41-52-54(48,49)51-39-38-45)40-50-43(46)36-34-32-30-28-26-24-18-16-14-12-10-8-6-4-2/h10,12,16,18,42H,3-9,11,13-15,17,19-41,45H2,1-2H3,(H,48,49)/b12-10-,18-16-/t42-/m1/s1. The maximum Gasteiger partial charge on any atom is 0.472 e. The minimum atomic E-state index is -4.38. The van der Waals surface area contributed by atoms with E-state index >= 15 is 0 Å². The first kappa shape index (κ1) is 52.5. The molecule has 0 saturated carbocycles. The lowest BCUT2D eigenvalue weighted by Gasteiger charge is -2.19. The lowest BCUT2D eigenvalue weighted by atomic mass is 10.0. The summed E-state index contributed by atoms with van der Waals surface area (Å²) in [4.78, 5) is 34.9. The van der Waals surface area contributed by atoms with Crippen molar-refractivity contribution in [2.45, 2.75) is 219 Å². The predicted molar refractivity (Wildman–Crippen MR) is 224 cm³/mol. The summed E-state index contributed by atoms with van der Waals surface area (Å²) >= 11 is 0.